The molecular formula is C9H11NO2S. The minimum Gasteiger partial charge on any atom is -0.497 e. The van der Waals surface area contributed by atoms with E-state index in [9.17, 15) is 4.21 Å². The van der Waals surface area contributed by atoms with Crippen LogP contribution in [0.2, 0.25) is 0 Å². The van der Waals surface area contributed by atoms with Gasteiger partial charge >= 0.3 is 0 Å². The molecule has 0 fully saturated rings. The topological polar surface area (TPSA) is 38.3 Å². The summed E-state index contributed by atoms with van der Waals surface area (Å²) in [6.07, 6.45) is 0. The molecule has 0 saturated carbocycles. The monoisotopic (exact) mass is 197 g/mol. The van der Waals surface area contributed by atoms with Gasteiger partial charge in [-0.15, -0.1) is 0 Å². The maximum Gasteiger partial charge on any atom is 0.120 e. The number of fused-ring (bicyclic) bond motifs is 1. The summed E-state index contributed by atoms with van der Waals surface area (Å²) in [6.45, 7) is 0.784. The molecule has 1 aliphatic rings. The number of benzene rings is 1. The van der Waals surface area contributed by atoms with E-state index in [2.05, 4.69) is 5.32 Å². The van der Waals surface area contributed by atoms with Crippen LogP contribution in [-0.2, 0) is 10.8 Å². The van der Waals surface area contributed by atoms with Gasteiger partial charge in [0, 0.05) is 12.3 Å². The molecule has 0 aromatic heterocycles. The summed E-state index contributed by atoms with van der Waals surface area (Å²) in [4.78, 5) is 0.852. The Labute approximate surface area is 79.6 Å². The highest BCUT2D eigenvalue weighted by molar-refractivity contribution is 7.85. The van der Waals surface area contributed by atoms with E-state index in [-0.39, 0.29) is 0 Å². The van der Waals surface area contributed by atoms with Crippen LogP contribution >= 0.6 is 0 Å². The smallest absolute Gasteiger partial charge is 0.120 e. The van der Waals surface area contributed by atoms with Gasteiger partial charge in [0.15, 0.2) is 0 Å². The second-order valence-corrected chi connectivity index (χ2v) is 4.38. The van der Waals surface area contributed by atoms with Gasteiger partial charge in [0.1, 0.15) is 5.75 Å². The Morgan fingerprint density at radius 1 is 1.54 bits per heavy atom. The predicted molar refractivity (Wildman–Crippen MR) is 52.8 cm³/mol. The Balaban J connectivity index is 2.47. The first-order chi connectivity index (χ1) is 6.31. The van der Waals surface area contributed by atoms with Gasteiger partial charge < -0.3 is 10.1 Å². The summed E-state index contributed by atoms with van der Waals surface area (Å²) in [7, 11) is 0.742. The molecule has 1 aromatic rings. The van der Waals surface area contributed by atoms with Crippen LogP contribution in [-0.4, -0.2) is 23.6 Å². The average molecular weight is 197 g/mol. The van der Waals surface area contributed by atoms with E-state index in [0.29, 0.717) is 5.75 Å². The molecule has 1 unspecified atom stereocenters. The van der Waals surface area contributed by atoms with Gasteiger partial charge in [-0.2, -0.15) is 0 Å². The lowest BCUT2D eigenvalue weighted by molar-refractivity contribution is 0.413. The maximum absolute atomic E-state index is 11.6. The Hall–Kier alpha value is -1.03. The highest BCUT2D eigenvalue weighted by atomic mass is 32.2. The lowest BCUT2D eigenvalue weighted by atomic mass is 10.3. The van der Waals surface area contributed by atoms with Crippen LogP contribution in [0.25, 0.3) is 0 Å². The van der Waals surface area contributed by atoms with Crippen molar-refractivity contribution in [1.29, 1.82) is 0 Å². The number of ether oxygens (including phenoxy) is 1. The summed E-state index contributed by atoms with van der Waals surface area (Å²) < 4.78 is 16.6. The molecule has 0 spiro atoms. The van der Waals surface area contributed by atoms with Gasteiger partial charge in [-0.3, -0.25) is 4.21 Å². The molecule has 4 heteroatoms. The SMILES string of the molecule is COc1ccc2c(c1)S(=O)CCN2. The van der Waals surface area contributed by atoms with E-state index in [0.717, 1.165) is 22.9 Å². The minimum absolute atomic E-state index is 0.681. The predicted octanol–water partition coefficient (Wildman–Crippen LogP) is 1.23. The lowest BCUT2D eigenvalue weighted by Gasteiger charge is -2.17. The highest BCUT2D eigenvalue weighted by Gasteiger charge is 2.15. The second kappa shape index (κ2) is 3.38. The zero-order chi connectivity index (χ0) is 9.26. The molecule has 1 N–H and O–H groups in total. The molecule has 0 aliphatic carbocycles. The number of hydrogen-bond donors (Lipinski definition) is 1. The fraction of sp³-hybridized carbons (Fsp3) is 0.333. The maximum atomic E-state index is 11.6. The molecule has 1 aliphatic heterocycles. The fourth-order valence-electron chi connectivity index (χ4n) is 1.35. The zero-order valence-electron chi connectivity index (χ0n) is 7.37. The molecule has 3 nitrogen and oxygen atoms in total. The van der Waals surface area contributed by atoms with E-state index in [1.807, 2.05) is 18.2 Å². The van der Waals surface area contributed by atoms with Crippen LogP contribution in [0.4, 0.5) is 5.69 Å². The zero-order valence-corrected chi connectivity index (χ0v) is 8.19. The van der Waals surface area contributed by atoms with Crippen molar-refractivity contribution in [2.75, 3.05) is 24.7 Å². The first kappa shape index (κ1) is 8.56. The second-order valence-electron chi connectivity index (χ2n) is 2.84. The van der Waals surface area contributed by atoms with Crippen molar-refractivity contribution in [2.45, 2.75) is 4.90 Å². The first-order valence-electron chi connectivity index (χ1n) is 4.11. The number of rotatable bonds is 1. The fourth-order valence-corrected chi connectivity index (χ4v) is 2.49. The minimum atomic E-state index is -0.870. The molecule has 2 rings (SSSR count). The van der Waals surface area contributed by atoms with Crippen molar-refractivity contribution in [3.63, 3.8) is 0 Å². The quantitative estimate of drug-likeness (QED) is 0.736. The number of anilines is 1. The molecule has 0 bridgehead atoms. The molecule has 0 amide bonds. The summed E-state index contributed by atoms with van der Waals surface area (Å²) in [5, 5.41) is 3.20. The van der Waals surface area contributed by atoms with Crippen LogP contribution in [0, 0.1) is 0 Å². The standard InChI is InChI=1S/C9H11NO2S/c1-12-7-2-3-8-9(6-7)13(11)5-4-10-8/h2-3,6,10H,4-5H2,1H3. The average Bonchev–Trinajstić information content (AvgIpc) is 2.18. The summed E-state index contributed by atoms with van der Waals surface area (Å²) >= 11 is 0. The van der Waals surface area contributed by atoms with Crippen molar-refractivity contribution in [3.8, 4) is 5.75 Å². The first-order valence-corrected chi connectivity index (χ1v) is 5.43. The van der Waals surface area contributed by atoms with E-state index >= 15 is 0 Å². The third-order valence-electron chi connectivity index (χ3n) is 2.04. The molecule has 70 valence electrons. The van der Waals surface area contributed by atoms with Crippen LogP contribution < -0.4 is 10.1 Å². The largest absolute Gasteiger partial charge is 0.497 e. The van der Waals surface area contributed by atoms with Crippen LogP contribution in [0.15, 0.2) is 23.1 Å². The van der Waals surface area contributed by atoms with Crippen molar-refractivity contribution in [1.82, 2.24) is 0 Å². The third kappa shape index (κ3) is 1.54. The Morgan fingerprint density at radius 3 is 3.15 bits per heavy atom. The lowest BCUT2D eigenvalue weighted by Crippen LogP contribution is -2.18. The normalized spacial score (nSPS) is 20.2. The number of nitrogens with one attached hydrogen (secondary N) is 1. The van der Waals surface area contributed by atoms with Crippen molar-refractivity contribution in [2.24, 2.45) is 0 Å². The van der Waals surface area contributed by atoms with Gasteiger partial charge in [0.2, 0.25) is 0 Å². The van der Waals surface area contributed by atoms with Gasteiger partial charge in [-0.05, 0) is 18.2 Å². The van der Waals surface area contributed by atoms with Gasteiger partial charge in [-0.25, -0.2) is 0 Å². The number of hydrogen-bond acceptors (Lipinski definition) is 3. The molecule has 0 saturated heterocycles. The van der Waals surface area contributed by atoms with Gasteiger partial charge in [0.05, 0.1) is 28.5 Å². The summed E-state index contributed by atoms with van der Waals surface area (Å²) in [6, 6.07) is 5.61. The molecule has 0 radical (unpaired) electrons. The van der Waals surface area contributed by atoms with Gasteiger partial charge in [-0.1, -0.05) is 0 Å². The molecule has 1 heterocycles. The highest BCUT2D eigenvalue weighted by Crippen LogP contribution is 2.27. The van der Waals surface area contributed by atoms with Crippen LogP contribution in [0.5, 0.6) is 5.75 Å². The van der Waals surface area contributed by atoms with E-state index < -0.39 is 10.8 Å². The van der Waals surface area contributed by atoms with Crippen LogP contribution in [0.3, 0.4) is 0 Å². The Bertz CT molecular complexity index is 351. The van der Waals surface area contributed by atoms with E-state index in [1.54, 1.807) is 7.11 Å². The Morgan fingerprint density at radius 2 is 2.38 bits per heavy atom. The summed E-state index contributed by atoms with van der Waals surface area (Å²) in [5.41, 5.74) is 0.963. The third-order valence-corrected chi connectivity index (χ3v) is 3.44. The van der Waals surface area contributed by atoms with Crippen molar-refractivity contribution < 1.29 is 8.95 Å². The van der Waals surface area contributed by atoms with E-state index in [1.165, 1.54) is 0 Å². The van der Waals surface area contributed by atoms with Crippen molar-refractivity contribution >= 4 is 16.5 Å². The van der Waals surface area contributed by atoms with Crippen molar-refractivity contribution in [3.05, 3.63) is 18.2 Å². The Kier molecular flexibility index (Phi) is 2.22. The van der Waals surface area contributed by atoms with E-state index in [4.69, 9.17) is 4.74 Å². The number of methoxy groups -OCH3 is 1. The summed E-state index contributed by atoms with van der Waals surface area (Å²) in [5.74, 6) is 1.44. The molecule has 1 aromatic carbocycles. The molecular weight excluding hydrogens is 186 g/mol. The van der Waals surface area contributed by atoms with Gasteiger partial charge in [0.25, 0.3) is 0 Å². The van der Waals surface area contributed by atoms with Crippen LogP contribution in [0.1, 0.15) is 0 Å². The molecule has 1 atom stereocenters. The molecule has 13 heavy (non-hydrogen) atoms.